The van der Waals surface area contributed by atoms with Crippen molar-refractivity contribution in [3.05, 3.63) is 36.8 Å². The Morgan fingerprint density at radius 3 is 2.75 bits per heavy atom. The van der Waals surface area contributed by atoms with Crippen molar-refractivity contribution in [2.24, 2.45) is 0 Å². The first-order valence-corrected chi connectivity index (χ1v) is 4.72. The molecule has 0 saturated carbocycles. The van der Waals surface area contributed by atoms with Gasteiger partial charge in [-0.15, -0.1) is 5.10 Å². The van der Waals surface area contributed by atoms with Crippen LogP contribution in [0, 0.1) is 0 Å². The van der Waals surface area contributed by atoms with Crippen molar-refractivity contribution in [3.8, 4) is 5.82 Å². The Kier molecular flexibility index (Phi) is 1.79. The van der Waals surface area contributed by atoms with Crippen LogP contribution in [-0.2, 0) is 0 Å². The maximum Gasteiger partial charge on any atom is 0.180 e. The summed E-state index contributed by atoms with van der Waals surface area (Å²) in [6.45, 7) is 0. The molecule has 0 bridgehead atoms. The molecule has 2 N–H and O–H groups in total. The summed E-state index contributed by atoms with van der Waals surface area (Å²) >= 11 is 0. The Morgan fingerprint density at radius 2 is 1.94 bits per heavy atom. The minimum Gasteiger partial charge on any atom is -0.382 e. The van der Waals surface area contributed by atoms with E-state index in [-0.39, 0.29) is 0 Å². The van der Waals surface area contributed by atoms with Crippen molar-refractivity contribution in [2.75, 3.05) is 5.73 Å². The van der Waals surface area contributed by atoms with Gasteiger partial charge in [0, 0.05) is 24.7 Å². The van der Waals surface area contributed by atoms with Crippen molar-refractivity contribution in [3.63, 3.8) is 0 Å². The SMILES string of the molecule is Nc1ccn(-c2ccc3nccnc3n2)n1. The van der Waals surface area contributed by atoms with Crippen LogP contribution in [0.25, 0.3) is 17.0 Å². The highest BCUT2D eigenvalue weighted by atomic mass is 15.3. The molecule has 0 aliphatic rings. The second-order valence-corrected chi connectivity index (χ2v) is 3.25. The van der Waals surface area contributed by atoms with E-state index in [2.05, 4.69) is 20.1 Å². The molecule has 0 spiro atoms. The van der Waals surface area contributed by atoms with Gasteiger partial charge < -0.3 is 5.73 Å². The molecule has 0 aliphatic carbocycles. The molecule has 0 aromatic carbocycles. The van der Waals surface area contributed by atoms with Crippen molar-refractivity contribution < 1.29 is 0 Å². The van der Waals surface area contributed by atoms with Gasteiger partial charge in [0.1, 0.15) is 11.3 Å². The highest BCUT2D eigenvalue weighted by Gasteiger charge is 2.02. The Hall–Kier alpha value is -2.50. The fraction of sp³-hybridized carbons (Fsp3) is 0. The summed E-state index contributed by atoms with van der Waals surface area (Å²) in [6.07, 6.45) is 4.99. The van der Waals surface area contributed by atoms with Crippen LogP contribution in [0.1, 0.15) is 0 Å². The Morgan fingerprint density at radius 1 is 1.06 bits per heavy atom. The Labute approximate surface area is 90.8 Å². The Bertz CT molecular complexity index is 644. The zero-order valence-corrected chi connectivity index (χ0v) is 8.28. The summed E-state index contributed by atoms with van der Waals surface area (Å²) in [4.78, 5) is 12.6. The van der Waals surface area contributed by atoms with Crippen LogP contribution in [0.4, 0.5) is 5.82 Å². The second-order valence-electron chi connectivity index (χ2n) is 3.25. The monoisotopic (exact) mass is 212 g/mol. The lowest BCUT2D eigenvalue weighted by Crippen LogP contribution is -2.00. The molecule has 6 nitrogen and oxygen atoms in total. The average Bonchev–Trinajstić information content (AvgIpc) is 2.75. The van der Waals surface area contributed by atoms with E-state index >= 15 is 0 Å². The van der Waals surface area contributed by atoms with Crippen LogP contribution in [0.3, 0.4) is 0 Å². The van der Waals surface area contributed by atoms with Gasteiger partial charge in [-0.2, -0.15) is 0 Å². The minimum atomic E-state index is 0.459. The molecule has 3 heterocycles. The van der Waals surface area contributed by atoms with E-state index in [1.165, 1.54) is 0 Å². The first-order valence-electron chi connectivity index (χ1n) is 4.72. The molecule has 0 fully saturated rings. The fourth-order valence-electron chi connectivity index (χ4n) is 1.44. The number of aromatic nitrogens is 5. The number of nitrogens with two attached hydrogens (primary N) is 1. The van der Waals surface area contributed by atoms with E-state index in [1.54, 1.807) is 29.3 Å². The molecule has 16 heavy (non-hydrogen) atoms. The molecule has 3 aromatic rings. The van der Waals surface area contributed by atoms with Gasteiger partial charge in [-0.3, -0.25) is 4.98 Å². The van der Waals surface area contributed by atoms with Gasteiger partial charge >= 0.3 is 0 Å². The molecule has 78 valence electrons. The van der Waals surface area contributed by atoms with Crippen molar-refractivity contribution in [1.29, 1.82) is 0 Å². The number of rotatable bonds is 1. The van der Waals surface area contributed by atoms with Crippen LogP contribution in [0.5, 0.6) is 0 Å². The van der Waals surface area contributed by atoms with Gasteiger partial charge in [-0.25, -0.2) is 14.6 Å². The summed E-state index contributed by atoms with van der Waals surface area (Å²) in [5, 5.41) is 4.07. The molecule has 0 saturated heterocycles. The predicted molar refractivity (Wildman–Crippen MR) is 58.9 cm³/mol. The summed E-state index contributed by atoms with van der Waals surface area (Å²) in [7, 11) is 0. The number of nitrogen functional groups attached to an aromatic ring is 1. The normalized spacial score (nSPS) is 10.8. The molecule has 0 atom stereocenters. The molecular weight excluding hydrogens is 204 g/mol. The van der Waals surface area contributed by atoms with Crippen LogP contribution >= 0.6 is 0 Å². The van der Waals surface area contributed by atoms with Gasteiger partial charge in [-0.1, -0.05) is 0 Å². The third-order valence-corrected chi connectivity index (χ3v) is 2.16. The van der Waals surface area contributed by atoms with E-state index in [4.69, 9.17) is 5.73 Å². The summed E-state index contributed by atoms with van der Waals surface area (Å²) in [6, 6.07) is 5.38. The molecule has 0 radical (unpaired) electrons. The topological polar surface area (TPSA) is 82.5 Å². The predicted octanol–water partition coefficient (Wildman–Crippen LogP) is 0.793. The van der Waals surface area contributed by atoms with Gasteiger partial charge in [-0.05, 0) is 12.1 Å². The molecule has 3 aromatic heterocycles. The van der Waals surface area contributed by atoms with Crippen molar-refractivity contribution in [1.82, 2.24) is 24.7 Å². The maximum absolute atomic E-state index is 5.54. The quantitative estimate of drug-likeness (QED) is 0.644. The highest BCUT2D eigenvalue weighted by Crippen LogP contribution is 2.10. The van der Waals surface area contributed by atoms with Crippen LogP contribution in [0.15, 0.2) is 36.8 Å². The van der Waals surface area contributed by atoms with E-state index in [0.29, 0.717) is 17.3 Å². The van der Waals surface area contributed by atoms with Crippen LogP contribution in [0.2, 0.25) is 0 Å². The average molecular weight is 212 g/mol. The fourth-order valence-corrected chi connectivity index (χ4v) is 1.44. The molecule has 0 amide bonds. The number of hydrogen-bond acceptors (Lipinski definition) is 5. The first-order chi connectivity index (χ1) is 7.83. The summed E-state index contributed by atoms with van der Waals surface area (Å²) < 4.78 is 1.60. The number of anilines is 1. The second kappa shape index (κ2) is 3.27. The molecular formula is C10H8N6. The van der Waals surface area contributed by atoms with Crippen LogP contribution in [-0.4, -0.2) is 24.7 Å². The van der Waals surface area contributed by atoms with E-state index in [0.717, 1.165) is 5.52 Å². The van der Waals surface area contributed by atoms with Gasteiger partial charge in [0.25, 0.3) is 0 Å². The van der Waals surface area contributed by atoms with Gasteiger partial charge in [0.2, 0.25) is 0 Å². The largest absolute Gasteiger partial charge is 0.382 e. The summed E-state index contributed by atoms with van der Waals surface area (Å²) in [5.41, 5.74) is 6.89. The van der Waals surface area contributed by atoms with Crippen molar-refractivity contribution >= 4 is 17.0 Å². The number of pyridine rings is 1. The zero-order valence-electron chi connectivity index (χ0n) is 8.28. The summed E-state index contributed by atoms with van der Waals surface area (Å²) in [5.74, 6) is 1.13. The number of fused-ring (bicyclic) bond motifs is 1. The molecule has 0 aliphatic heterocycles. The molecule has 0 unspecified atom stereocenters. The smallest absolute Gasteiger partial charge is 0.180 e. The first kappa shape index (κ1) is 8.78. The number of nitrogens with zero attached hydrogens (tertiary/aromatic N) is 5. The van der Waals surface area contributed by atoms with Gasteiger partial charge in [0.05, 0.1) is 0 Å². The maximum atomic E-state index is 5.54. The standard InChI is InChI=1S/C10H8N6/c11-8-3-6-16(15-8)9-2-1-7-10(14-9)13-5-4-12-7/h1-6H,(H2,11,15). The minimum absolute atomic E-state index is 0.459. The van der Waals surface area contributed by atoms with E-state index in [1.807, 2.05) is 12.1 Å². The lowest BCUT2D eigenvalue weighted by atomic mass is 10.4. The van der Waals surface area contributed by atoms with Crippen molar-refractivity contribution in [2.45, 2.75) is 0 Å². The Balaban J connectivity index is 2.18. The zero-order chi connectivity index (χ0) is 11.0. The van der Waals surface area contributed by atoms with Crippen LogP contribution < -0.4 is 5.73 Å². The lowest BCUT2D eigenvalue weighted by Gasteiger charge is -2.00. The van der Waals surface area contributed by atoms with Gasteiger partial charge in [0.15, 0.2) is 11.5 Å². The van der Waals surface area contributed by atoms with E-state index < -0.39 is 0 Å². The molecule has 6 heteroatoms. The third-order valence-electron chi connectivity index (χ3n) is 2.16. The lowest BCUT2D eigenvalue weighted by molar-refractivity contribution is 0.855. The number of hydrogen-bond donors (Lipinski definition) is 1. The molecule has 3 rings (SSSR count). The third kappa shape index (κ3) is 1.36. The van der Waals surface area contributed by atoms with E-state index in [9.17, 15) is 0 Å². The highest BCUT2D eigenvalue weighted by molar-refractivity contribution is 5.70.